The van der Waals surface area contributed by atoms with Crippen LogP contribution in [0.25, 0.3) is 114 Å². The molecule has 2 heteroatoms. The summed E-state index contributed by atoms with van der Waals surface area (Å²) in [6.07, 6.45) is 0. The molecule has 0 saturated carbocycles. The van der Waals surface area contributed by atoms with Crippen molar-refractivity contribution in [3.8, 4) is 50.2 Å². The summed E-state index contributed by atoms with van der Waals surface area (Å²) < 4.78 is 5.11. The Morgan fingerprint density at radius 1 is 0.293 bits per heavy atom. The van der Waals surface area contributed by atoms with Gasteiger partial charge in [0.15, 0.2) is 0 Å². The van der Waals surface area contributed by atoms with Crippen LogP contribution < -0.4 is 0 Å². The molecule has 0 atom stereocenters. The van der Waals surface area contributed by atoms with Crippen molar-refractivity contribution >= 4 is 74.9 Å². The molecule has 12 aromatic rings. The van der Waals surface area contributed by atoms with Crippen molar-refractivity contribution in [2.45, 2.75) is 0 Å². The van der Waals surface area contributed by atoms with Gasteiger partial charge >= 0.3 is 0 Å². The van der Waals surface area contributed by atoms with Crippen molar-refractivity contribution in [2.75, 3.05) is 0 Å². The number of para-hydroxylation sites is 1. The van der Waals surface area contributed by atoms with E-state index in [0.717, 1.165) is 5.69 Å². The van der Waals surface area contributed by atoms with Gasteiger partial charge in [-0.2, -0.15) is 0 Å². The van der Waals surface area contributed by atoms with Gasteiger partial charge in [-0.25, -0.2) is 0 Å². The van der Waals surface area contributed by atoms with Crippen LogP contribution in [0.3, 0.4) is 0 Å². The van der Waals surface area contributed by atoms with Crippen LogP contribution in [0.5, 0.6) is 0 Å². The summed E-state index contributed by atoms with van der Waals surface area (Å²) in [7, 11) is 0. The Hall–Kier alpha value is -7.26. The van der Waals surface area contributed by atoms with E-state index in [0.29, 0.717) is 0 Å². The zero-order valence-electron chi connectivity index (χ0n) is 31.6. The summed E-state index contributed by atoms with van der Waals surface area (Å²) in [5.41, 5.74) is 13.5. The Morgan fingerprint density at radius 3 is 1.48 bits per heavy atom. The van der Waals surface area contributed by atoms with Gasteiger partial charge in [-0.05, 0) is 96.4 Å². The first-order valence-corrected chi connectivity index (χ1v) is 20.7. The molecule has 58 heavy (non-hydrogen) atoms. The van der Waals surface area contributed by atoms with Crippen molar-refractivity contribution < 1.29 is 0 Å². The van der Waals surface area contributed by atoms with Gasteiger partial charge < -0.3 is 4.57 Å². The third-order valence-electron chi connectivity index (χ3n) is 12.0. The van der Waals surface area contributed by atoms with Crippen LogP contribution in [0.1, 0.15) is 0 Å². The Bertz CT molecular complexity index is 3480. The fraction of sp³-hybridized carbons (Fsp3) is 0. The van der Waals surface area contributed by atoms with Gasteiger partial charge in [0.25, 0.3) is 0 Å². The second kappa shape index (κ2) is 13.2. The number of benzene rings is 10. The molecule has 2 aromatic heterocycles. The monoisotopic (exact) mass is 753 g/mol. The maximum absolute atomic E-state index is 2.43. The molecule has 0 aliphatic heterocycles. The minimum Gasteiger partial charge on any atom is -0.309 e. The maximum Gasteiger partial charge on any atom is 0.0547 e. The smallest absolute Gasteiger partial charge is 0.0547 e. The van der Waals surface area contributed by atoms with E-state index in [1.54, 1.807) is 0 Å². The van der Waals surface area contributed by atoms with Gasteiger partial charge in [0.1, 0.15) is 0 Å². The van der Waals surface area contributed by atoms with Gasteiger partial charge in [-0.1, -0.05) is 182 Å². The lowest BCUT2D eigenvalue weighted by Gasteiger charge is -2.18. The molecule has 0 amide bonds. The summed E-state index contributed by atoms with van der Waals surface area (Å²) in [6, 6.07) is 78.1. The molecule has 0 N–H and O–H groups in total. The van der Waals surface area contributed by atoms with E-state index in [4.69, 9.17) is 0 Å². The topological polar surface area (TPSA) is 4.93 Å². The Labute approximate surface area is 340 Å². The van der Waals surface area contributed by atoms with Gasteiger partial charge in [0, 0.05) is 36.6 Å². The highest BCUT2D eigenvalue weighted by Crippen LogP contribution is 2.45. The predicted molar refractivity (Wildman–Crippen MR) is 250 cm³/mol. The molecule has 0 radical (unpaired) electrons. The van der Waals surface area contributed by atoms with Crippen LogP contribution in [0.4, 0.5) is 0 Å². The average Bonchev–Trinajstić information content (AvgIpc) is 3.84. The van der Waals surface area contributed by atoms with Crippen molar-refractivity contribution in [2.24, 2.45) is 0 Å². The van der Waals surface area contributed by atoms with Crippen molar-refractivity contribution in [1.29, 1.82) is 0 Å². The highest BCUT2D eigenvalue weighted by molar-refractivity contribution is 7.26. The third kappa shape index (κ3) is 5.09. The molecule has 12 rings (SSSR count). The summed E-state index contributed by atoms with van der Waals surface area (Å²) in [6.45, 7) is 0. The van der Waals surface area contributed by atoms with E-state index in [2.05, 4.69) is 217 Å². The van der Waals surface area contributed by atoms with E-state index >= 15 is 0 Å². The minimum absolute atomic E-state index is 1.15. The second-order valence-corrected chi connectivity index (χ2v) is 16.2. The predicted octanol–water partition coefficient (Wildman–Crippen LogP) is 16.1. The van der Waals surface area contributed by atoms with Crippen LogP contribution in [-0.2, 0) is 0 Å². The molecular weight excluding hydrogens is 719 g/mol. The van der Waals surface area contributed by atoms with E-state index in [1.165, 1.54) is 108 Å². The first-order chi connectivity index (χ1) is 28.8. The van der Waals surface area contributed by atoms with Crippen LogP contribution in [0.2, 0.25) is 0 Å². The standard InChI is InChI=1S/C56H35NS/c1-2-13-38(14-3-1)54-46-17-4-6-19-48(46)55(49-20-7-5-18-47(49)54)39-29-32-41(33-30-39)57-51-23-10-8-15-43(51)44-34-31-40(35-52(44)57)36-25-27-37(28-26-36)42-21-12-22-50-45-16-9-11-24-53(45)58-56(42)50/h1-35H. The number of hydrogen-bond acceptors (Lipinski definition) is 1. The molecule has 0 saturated heterocycles. The zero-order valence-corrected chi connectivity index (χ0v) is 32.4. The second-order valence-electron chi connectivity index (χ2n) is 15.2. The van der Waals surface area contributed by atoms with Gasteiger partial charge in [-0.15, -0.1) is 11.3 Å². The van der Waals surface area contributed by atoms with Crippen LogP contribution >= 0.6 is 11.3 Å². The van der Waals surface area contributed by atoms with E-state index in [-0.39, 0.29) is 0 Å². The molecule has 0 bridgehead atoms. The van der Waals surface area contributed by atoms with Crippen molar-refractivity contribution in [3.05, 3.63) is 212 Å². The normalized spacial score (nSPS) is 11.8. The van der Waals surface area contributed by atoms with Crippen LogP contribution in [0, 0.1) is 0 Å². The largest absolute Gasteiger partial charge is 0.309 e. The van der Waals surface area contributed by atoms with E-state index in [9.17, 15) is 0 Å². The molecule has 0 fully saturated rings. The van der Waals surface area contributed by atoms with Crippen molar-refractivity contribution in [3.63, 3.8) is 0 Å². The first kappa shape index (κ1) is 32.9. The minimum atomic E-state index is 1.15. The van der Waals surface area contributed by atoms with Crippen LogP contribution in [-0.4, -0.2) is 4.57 Å². The Kier molecular flexibility index (Phi) is 7.47. The molecule has 0 aliphatic rings. The molecule has 2 heterocycles. The quantitative estimate of drug-likeness (QED) is 0.154. The number of thiophene rings is 1. The fourth-order valence-corrected chi connectivity index (χ4v) is 10.6. The van der Waals surface area contributed by atoms with Gasteiger partial charge in [0.05, 0.1) is 11.0 Å². The number of aromatic nitrogens is 1. The molecule has 0 spiro atoms. The lowest BCUT2D eigenvalue weighted by molar-refractivity contribution is 1.18. The number of fused-ring (bicyclic) bond motifs is 8. The SMILES string of the molecule is c1ccc(-c2c3ccccc3c(-c3ccc(-n4c5ccccc5c5ccc(-c6ccc(-c7cccc8c7sc7ccccc78)cc6)cc54)cc3)c3ccccc23)cc1. The molecule has 0 unspecified atom stereocenters. The lowest BCUT2D eigenvalue weighted by atomic mass is 9.86. The summed E-state index contributed by atoms with van der Waals surface area (Å²) in [5.74, 6) is 0. The number of nitrogens with zero attached hydrogens (tertiary/aromatic N) is 1. The number of hydrogen-bond donors (Lipinski definition) is 0. The maximum atomic E-state index is 2.43. The fourth-order valence-electron chi connectivity index (χ4n) is 9.38. The summed E-state index contributed by atoms with van der Waals surface area (Å²) >= 11 is 1.88. The van der Waals surface area contributed by atoms with E-state index in [1.807, 2.05) is 11.3 Å². The summed E-state index contributed by atoms with van der Waals surface area (Å²) in [4.78, 5) is 0. The number of rotatable bonds is 5. The molecular formula is C56H35NS. The molecule has 10 aromatic carbocycles. The highest BCUT2D eigenvalue weighted by Gasteiger charge is 2.18. The summed E-state index contributed by atoms with van der Waals surface area (Å²) in [5, 5.41) is 10.2. The van der Waals surface area contributed by atoms with Crippen LogP contribution in [0.15, 0.2) is 212 Å². The zero-order chi connectivity index (χ0) is 38.2. The Balaban J connectivity index is 0.970. The average molecular weight is 754 g/mol. The third-order valence-corrected chi connectivity index (χ3v) is 13.2. The van der Waals surface area contributed by atoms with E-state index < -0.39 is 0 Å². The highest BCUT2D eigenvalue weighted by atomic mass is 32.1. The Morgan fingerprint density at radius 2 is 0.793 bits per heavy atom. The van der Waals surface area contributed by atoms with Gasteiger partial charge in [0.2, 0.25) is 0 Å². The first-order valence-electron chi connectivity index (χ1n) is 19.9. The molecule has 270 valence electrons. The van der Waals surface area contributed by atoms with Crippen molar-refractivity contribution in [1.82, 2.24) is 4.57 Å². The molecule has 1 nitrogen and oxygen atoms in total. The molecule has 0 aliphatic carbocycles. The van der Waals surface area contributed by atoms with Gasteiger partial charge in [-0.3, -0.25) is 0 Å². The lowest BCUT2D eigenvalue weighted by Crippen LogP contribution is -1.95.